The van der Waals surface area contributed by atoms with Crippen LogP contribution in [0.2, 0.25) is 5.02 Å². The van der Waals surface area contributed by atoms with Gasteiger partial charge in [-0.25, -0.2) is 8.42 Å². The summed E-state index contributed by atoms with van der Waals surface area (Å²) in [7, 11) is -3.91. The van der Waals surface area contributed by atoms with Crippen LogP contribution in [0, 0.1) is 17.0 Å². The highest BCUT2D eigenvalue weighted by molar-refractivity contribution is 7.92. The van der Waals surface area contributed by atoms with Gasteiger partial charge in [-0.1, -0.05) is 23.7 Å². The molecule has 1 amide bonds. The lowest BCUT2D eigenvalue weighted by Crippen LogP contribution is -2.15. The van der Waals surface area contributed by atoms with Crippen molar-refractivity contribution in [3.63, 3.8) is 0 Å². The zero-order chi connectivity index (χ0) is 21.9. The molecule has 0 spiro atoms. The van der Waals surface area contributed by atoms with Crippen molar-refractivity contribution >= 4 is 44.6 Å². The van der Waals surface area contributed by atoms with E-state index in [1.165, 1.54) is 54.6 Å². The Morgan fingerprint density at radius 3 is 2.37 bits per heavy atom. The van der Waals surface area contributed by atoms with Gasteiger partial charge in [0.05, 0.1) is 9.82 Å². The van der Waals surface area contributed by atoms with Crippen LogP contribution in [0.5, 0.6) is 0 Å². The zero-order valence-corrected chi connectivity index (χ0v) is 17.2. The van der Waals surface area contributed by atoms with Gasteiger partial charge in [-0.2, -0.15) is 0 Å². The maximum Gasteiger partial charge on any atom is 0.273 e. The molecule has 0 aliphatic heterocycles. The van der Waals surface area contributed by atoms with Gasteiger partial charge in [-0.3, -0.25) is 19.6 Å². The van der Waals surface area contributed by atoms with Crippen LogP contribution in [0.15, 0.2) is 71.6 Å². The molecule has 0 radical (unpaired) electrons. The number of amides is 1. The second-order valence-corrected chi connectivity index (χ2v) is 8.47. The standard InChI is InChI=1S/C20H16ClN3O5S/c1-13-5-6-14(11-19(13)24(26)27)20(25)22-17-3-2-4-18(12-17)30(28,29)23-16-9-7-15(21)8-10-16/h2-12,23H,1H3,(H,22,25). The fourth-order valence-electron chi connectivity index (χ4n) is 2.62. The Morgan fingerprint density at radius 2 is 1.70 bits per heavy atom. The van der Waals surface area contributed by atoms with Crippen molar-refractivity contribution in [2.24, 2.45) is 0 Å². The maximum atomic E-state index is 12.6. The average Bonchev–Trinajstić information content (AvgIpc) is 2.70. The van der Waals surface area contributed by atoms with Crippen LogP contribution >= 0.6 is 11.6 Å². The second kappa shape index (κ2) is 8.52. The molecule has 8 nitrogen and oxygen atoms in total. The number of sulfonamides is 1. The third-order valence-electron chi connectivity index (χ3n) is 4.17. The first kappa shape index (κ1) is 21.3. The first-order valence-electron chi connectivity index (χ1n) is 8.60. The lowest BCUT2D eigenvalue weighted by molar-refractivity contribution is -0.385. The molecule has 0 aliphatic rings. The minimum Gasteiger partial charge on any atom is -0.322 e. The molecule has 10 heteroatoms. The molecular formula is C20H16ClN3O5S. The summed E-state index contributed by atoms with van der Waals surface area (Å²) in [5, 5.41) is 14.1. The number of hydrogen-bond donors (Lipinski definition) is 2. The highest BCUT2D eigenvalue weighted by Gasteiger charge is 2.17. The Labute approximate surface area is 177 Å². The fraction of sp³-hybridized carbons (Fsp3) is 0.0500. The number of hydrogen-bond acceptors (Lipinski definition) is 5. The predicted octanol–water partition coefficient (Wildman–Crippen LogP) is 4.61. The van der Waals surface area contributed by atoms with E-state index in [0.717, 1.165) is 0 Å². The van der Waals surface area contributed by atoms with Gasteiger partial charge in [0.2, 0.25) is 0 Å². The Balaban J connectivity index is 1.81. The highest BCUT2D eigenvalue weighted by Crippen LogP contribution is 2.23. The first-order chi connectivity index (χ1) is 14.2. The monoisotopic (exact) mass is 445 g/mol. The summed E-state index contributed by atoms with van der Waals surface area (Å²) in [6, 6.07) is 15.9. The van der Waals surface area contributed by atoms with E-state index in [9.17, 15) is 23.3 Å². The van der Waals surface area contributed by atoms with E-state index in [4.69, 9.17) is 11.6 Å². The Bertz CT molecular complexity index is 1230. The predicted molar refractivity (Wildman–Crippen MR) is 114 cm³/mol. The molecule has 2 N–H and O–H groups in total. The molecule has 154 valence electrons. The number of anilines is 2. The van der Waals surface area contributed by atoms with Crippen LogP contribution in [0.25, 0.3) is 0 Å². The highest BCUT2D eigenvalue weighted by atomic mass is 35.5. The summed E-state index contributed by atoms with van der Waals surface area (Å²) < 4.78 is 27.7. The largest absolute Gasteiger partial charge is 0.322 e. The second-order valence-electron chi connectivity index (χ2n) is 6.35. The third kappa shape index (κ3) is 4.94. The summed E-state index contributed by atoms with van der Waals surface area (Å²) in [4.78, 5) is 22.9. The quantitative estimate of drug-likeness (QED) is 0.424. The molecule has 0 bridgehead atoms. The van der Waals surface area contributed by atoms with Gasteiger partial charge in [0.25, 0.3) is 21.6 Å². The van der Waals surface area contributed by atoms with E-state index in [1.54, 1.807) is 19.1 Å². The number of benzene rings is 3. The van der Waals surface area contributed by atoms with Gasteiger partial charge in [0.1, 0.15) is 0 Å². The van der Waals surface area contributed by atoms with Gasteiger partial charge in [-0.05, 0) is 55.5 Å². The SMILES string of the molecule is Cc1ccc(C(=O)Nc2cccc(S(=O)(=O)Nc3ccc(Cl)cc3)c2)cc1[N+](=O)[O-]. The van der Waals surface area contributed by atoms with Gasteiger partial charge in [0.15, 0.2) is 0 Å². The molecule has 0 aliphatic carbocycles. The topological polar surface area (TPSA) is 118 Å². The number of carbonyl (C=O) groups excluding carboxylic acids is 1. The average molecular weight is 446 g/mol. The molecule has 0 aromatic heterocycles. The fourth-order valence-corrected chi connectivity index (χ4v) is 3.85. The number of halogens is 1. The molecule has 0 saturated carbocycles. The summed E-state index contributed by atoms with van der Waals surface area (Å²) >= 11 is 5.80. The van der Waals surface area contributed by atoms with Crippen LogP contribution in [0.3, 0.4) is 0 Å². The van der Waals surface area contributed by atoms with Crippen molar-refractivity contribution in [2.45, 2.75) is 11.8 Å². The molecule has 0 fully saturated rings. The molecule has 3 aromatic carbocycles. The molecule has 30 heavy (non-hydrogen) atoms. The Morgan fingerprint density at radius 1 is 1.00 bits per heavy atom. The first-order valence-corrected chi connectivity index (χ1v) is 10.5. The summed E-state index contributed by atoms with van der Waals surface area (Å²) in [5.74, 6) is -0.599. The van der Waals surface area contributed by atoms with Crippen LogP contribution in [0.1, 0.15) is 15.9 Å². The summed E-state index contributed by atoms with van der Waals surface area (Å²) in [6.07, 6.45) is 0. The van der Waals surface area contributed by atoms with Crippen LogP contribution in [0.4, 0.5) is 17.1 Å². The lowest BCUT2D eigenvalue weighted by Gasteiger charge is -2.10. The van der Waals surface area contributed by atoms with Crippen LogP contribution < -0.4 is 10.0 Å². The smallest absolute Gasteiger partial charge is 0.273 e. The van der Waals surface area contributed by atoms with E-state index >= 15 is 0 Å². The molecular weight excluding hydrogens is 430 g/mol. The van der Waals surface area contributed by atoms with Crippen molar-refractivity contribution < 1.29 is 18.1 Å². The number of carbonyl (C=O) groups is 1. The minimum atomic E-state index is -3.91. The molecule has 0 unspecified atom stereocenters. The van der Waals surface area contributed by atoms with Crippen molar-refractivity contribution in [3.8, 4) is 0 Å². The Kier molecular flexibility index (Phi) is 6.04. The van der Waals surface area contributed by atoms with E-state index in [0.29, 0.717) is 16.3 Å². The van der Waals surface area contributed by atoms with Gasteiger partial charge >= 0.3 is 0 Å². The van der Waals surface area contributed by atoms with Crippen molar-refractivity contribution in [1.29, 1.82) is 0 Å². The lowest BCUT2D eigenvalue weighted by atomic mass is 10.1. The number of nitrogens with zero attached hydrogens (tertiary/aromatic N) is 1. The van der Waals surface area contributed by atoms with E-state index in [-0.39, 0.29) is 21.8 Å². The zero-order valence-electron chi connectivity index (χ0n) is 15.6. The number of aryl methyl sites for hydroxylation is 1. The van der Waals surface area contributed by atoms with E-state index in [1.807, 2.05) is 0 Å². The minimum absolute atomic E-state index is 0.0647. The van der Waals surface area contributed by atoms with Gasteiger partial charge in [0, 0.05) is 33.6 Å². The van der Waals surface area contributed by atoms with Crippen molar-refractivity contribution in [3.05, 3.63) is 93.0 Å². The number of rotatable bonds is 6. The van der Waals surface area contributed by atoms with E-state index in [2.05, 4.69) is 10.0 Å². The number of nitro groups is 1. The Hall–Kier alpha value is -3.43. The number of nitrogens with one attached hydrogen (secondary N) is 2. The molecule has 0 saturated heterocycles. The molecule has 0 atom stereocenters. The van der Waals surface area contributed by atoms with Crippen molar-refractivity contribution in [2.75, 3.05) is 10.0 Å². The number of nitro benzene ring substituents is 1. The maximum absolute atomic E-state index is 12.6. The molecule has 0 heterocycles. The third-order valence-corrected chi connectivity index (χ3v) is 5.80. The summed E-state index contributed by atoms with van der Waals surface area (Å²) in [5.41, 5.74) is 0.895. The summed E-state index contributed by atoms with van der Waals surface area (Å²) in [6.45, 7) is 1.57. The van der Waals surface area contributed by atoms with Crippen molar-refractivity contribution in [1.82, 2.24) is 0 Å². The molecule has 3 rings (SSSR count). The van der Waals surface area contributed by atoms with Gasteiger partial charge in [-0.15, -0.1) is 0 Å². The normalized spacial score (nSPS) is 11.0. The molecule has 3 aromatic rings. The van der Waals surface area contributed by atoms with Crippen LogP contribution in [-0.4, -0.2) is 19.2 Å². The van der Waals surface area contributed by atoms with Crippen LogP contribution in [-0.2, 0) is 10.0 Å². The van der Waals surface area contributed by atoms with E-state index < -0.39 is 20.9 Å². The van der Waals surface area contributed by atoms with Gasteiger partial charge < -0.3 is 5.32 Å².